The number of carbonyl (C=O) groups is 1. The van der Waals surface area contributed by atoms with Gasteiger partial charge in [0.05, 0.1) is 5.25 Å². The highest BCUT2D eigenvalue weighted by Crippen LogP contribution is 2.28. The lowest BCUT2D eigenvalue weighted by molar-refractivity contribution is -0.134. The van der Waals surface area contributed by atoms with Gasteiger partial charge in [0.25, 0.3) is 0 Å². The van der Waals surface area contributed by atoms with Crippen molar-refractivity contribution < 1.29 is 4.79 Å². The maximum Gasteiger partial charge on any atom is 0.236 e. The van der Waals surface area contributed by atoms with Crippen molar-refractivity contribution in [2.24, 2.45) is 0 Å². The molecule has 3 unspecified atom stereocenters. The number of piperazine rings is 1. The van der Waals surface area contributed by atoms with Crippen molar-refractivity contribution in [2.45, 2.75) is 44.0 Å². The van der Waals surface area contributed by atoms with E-state index in [4.69, 9.17) is 0 Å². The third-order valence-corrected chi connectivity index (χ3v) is 4.62. The lowest BCUT2D eigenvalue weighted by atomic mass is 10.1. The summed E-state index contributed by atoms with van der Waals surface area (Å²) in [6.07, 6.45) is 2.28. The van der Waals surface area contributed by atoms with Crippen LogP contribution in [0, 0.1) is 0 Å². The Hall–Kier alpha value is -0.220. The Labute approximate surface area is 96.0 Å². The van der Waals surface area contributed by atoms with Gasteiger partial charge < -0.3 is 10.2 Å². The first-order valence-corrected chi connectivity index (χ1v) is 6.89. The van der Waals surface area contributed by atoms with Gasteiger partial charge in [0, 0.05) is 25.2 Å². The van der Waals surface area contributed by atoms with Crippen molar-refractivity contribution >= 4 is 17.7 Å². The fraction of sp³-hybridized carbons (Fsp3) is 0.909. The number of rotatable bonds is 1. The summed E-state index contributed by atoms with van der Waals surface area (Å²) in [5, 5.41) is 3.65. The van der Waals surface area contributed by atoms with E-state index in [9.17, 15) is 4.79 Å². The molecule has 0 radical (unpaired) electrons. The molecule has 0 bridgehead atoms. The number of carbonyl (C=O) groups excluding carboxylic acids is 1. The Morgan fingerprint density at radius 2 is 2.27 bits per heavy atom. The van der Waals surface area contributed by atoms with Crippen LogP contribution in [0.3, 0.4) is 0 Å². The minimum Gasteiger partial charge on any atom is -0.336 e. The van der Waals surface area contributed by atoms with E-state index >= 15 is 0 Å². The van der Waals surface area contributed by atoms with E-state index < -0.39 is 0 Å². The van der Waals surface area contributed by atoms with Gasteiger partial charge in [0.15, 0.2) is 0 Å². The molecule has 2 fully saturated rings. The van der Waals surface area contributed by atoms with Crippen LogP contribution in [0.2, 0.25) is 0 Å². The molecular formula is C11H20N2OS. The van der Waals surface area contributed by atoms with Crippen LogP contribution in [0.5, 0.6) is 0 Å². The second-order valence-corrected chi connectivity index (χ2v) is 5.96. The minimum absolute atomic E-state index is 0.248. The van der Waals surface area contributed by atoms with Crippen LogP contribution in [0.25, 0.3) is 0 Å². The summed E-state index contributed by atoms with van der Waals surface area (Å²) in [7, 11) is 0. The maximum absolute atomic E-state index is 12.2. The summed E-state index contributed by atoms with van der Waals surface area (Å²) >= 11 is 1.84. The van der Waals surface area contributed by atoms with Crippen LogP contribution in [0.4, 0.5) is 0 Å². The van der Waals surface area contributed by atoms with Gasteiger partial charge in [-0.3, -0.25) is 4.79 Å². The molecule has 1 N–H and O–H groups in total. The number of hydrogen-bond acceptors (Lipinski definition) is 3. The topological polar surface area (TPSA) is 32.3 Å². The van der Waals surface area contributed by atoms with Crippen LogP contribution in [-0.4, -0.2) is 47.0 Å². The summed E-state index contributed by atoms with van der Waals surface area (Å²) in [6, 6.07) is 0.798. The van der Waals surface area contributed by atoms with E-state index in [0.717, 1.165) is 25.3 Å². The van der Waals surface area contributed by atoms with Gasteiger partial charge in [0.1, 0.15) is 0 Å². The summed E-state index contributed by atoms with van der Waals surface area (Å²) < 4.78 is 0. The second-order valence-electron chi connectivity index (χ2n) is 4.65. The molecule has 1 amide bonds. The fourth-order valence-corrected chi connectivity index (χ4v) is 3.52. The number of amides is 1. The Bertz CT molecular complexity index is 241. The van der Waals surface area contributed by atoms with Crippen LogP contribution < -0.4 is 5.32 Å². The van der Waals surface area contributed by atoms with Gasteiger partial charge in [0.2, 0.25) is 5.91 Å². The number of nitrogens with one attached hydrogen (secondary N) is 1. The molecule has 0 aliphatic carbocycles. The summed E-state index contributed by atoms with van der Waals surface area (Å²) in [6.45, 7) is 6.09. The maximum atomic E-state index is 12.2. The van der Waals surface area contributed by atoms with E-state index in [2.05, 4.69) is 24.1 Å². The van der Waals surface area contributed by atoms with Gasteiger partial charge in [-0.15, -0.1) is 11.8 Å². The van der Waals surface area contributed by atoms with Gasteiger partial charge in [-0.05, 0) is 32.4 Å². The molecule has 0 spiro atoms. The predicted octanol–water partition coefficient (Wildman–Crippen LogP) is 1.09. The number of nitrogens with zero attached hydrogens (tertiary/aromatic N) is 1. The zero-order valence-corrected chi connectivity index (χ0v) is 10.3. The zero-order valence-electron chi connectivity index (χ0n) is 9.53. The fourth-order valence-electron chi connectivity index (χ4n) is 2.29. The van der Waals surface area contributed by atoms with Gasteiger partial charge >= 0.3 is 0 Å². The highest BCUT2D eigenvalue weighted by molar-refractivity contribution is 8.00. The van der Waals surface area contributed by atoms with Crippen molar-refractivity contribution in [1.29, 1.82) is 0 Å². The third-order valence-electron chi connectivity index (χ3n) is 3.25. The standard InChI is InChI=1S/C11H20N2OS/c1-8-7-13(9(2)6-12-8)11(14)10-4-3-5-15-10/h8-10,12H,3-7H2,1-2H3. The van der Waals surface area contributed by atoms with Gasteiger partial charge in [-0.1, -0.05) is 0 Å². The first-order valence-electron chi connectivity index (χ1n) is 5.84. The van der Waals surface area contributed by atoms with Crippen LogP contribution in [0.1, 0.15) is 26.7 Å². The van der Waals surface area contributed by atoms with E-state index in [0.29, 0.717) is 18.0 Å². The molecule has 2 aliphatic heterocycles. The Balaban J connectivity index is 1.97. The highest BCUT2D eigenvalue weighted by atomic mass is 32.2. The van der Waals surface area contributed by atoms with E-state index in [1.807, 2.05) is 11.8 Å². The monoisotopic (exact) mass is 228 g/mol. The van der Waals surface area contributed by atoms with E-state index in [-0.39, 0.29) is 5.25 Å². The largest absolute Gasteiger partial charge is 0.336 e. The van der Waals surface area contributed by atoms with Crippen LogP contribution in [0.15, 0.2) is 0 Å². The molecule has 2 saturated heterocycles. The molecule has 0 aromatic rings. The summed E-state index contributed by atoms with van der Waals surface area (Å²) in [4.78, 5) is 14.3. The molecule has 2 aliphatic rings. The minimum atomic E-state index is 0.248. The SMILES string of the molecule is CC1CN(C(=O)C2CCCS2)C(C)CN1. The smallest absolute Gasteiger partial charge is 0.236 e. The van der Waals surface area contributed by atoms with E-state index in [1.54, 1.807) is 0 Å². The Morgan fingerprint density at radius 1 is 1.47 bits per heavy atom. The molecule has 3 nitrogen and oxygen atoms in total. The first kappa shape index (κ1) is 11.3. The molecule has 0 aromatic heterocycles. The molecule has 3 atom stereocenters. The first-order chi connectivity index (χ1) is 7.18. The molecular weight excluding hydrogens is 208 g/mol. The molecule has 0 saturated carbocycles. The normalized spacial score (nSPS) is 36.9. The average molecular weight is 228 g/mol. The van der Waals surface area contributed by atoms with Crippen molar-refractivity contribution in [1.82, 2.24) is 10.2 Å². The predicted molar refractivity (Wildman–Crippen MR) is 64.1 cm³/mol. The van der Waals surface area contributed by atoms with Gasteiger partial charge in [-0.25, -0.2) is 0 Å². The molecule has 15 heavy (non-hydrogen) atoms. The van der Waals surface area contributed by atoms with Gasteiger partial charge in [-0.2, -0.15) is 0 Å². The summed E-state index contributed by atoms with van der Waals surface area (Å²) in [5.41, 5.74) is 0. The second kappa shape index (κ2) is 4.74. The van der Waals surface area contributed by atoms with Crippen molar-refractivity contribution in [3.05, 3.63) is 0 Å². The lowest BCUT2D eigenvalue weighted by Crippen LogP contribution is -2.57. The Kier molecular flexibility index (Phi) is 3.57. The quantitative estimate of drug-likeness (QED) is 0.729. The van der Waals surface area contributed by atoms with Crippen molar-refractivity contribution in [3.8, 4) is 0 Å². The number of hydrogen-bond donors (Lipinski definition) is 1. The van der Waals surface area contributed by atoms with Crippen molar-refractivity contribution in [2.75, 3.05) is 18.8 Å². The highest BCUT2D eigenvalue weighted by Gasteiger charge is 2.33. The lowest BCUT2D eigenvalue weighted by Gasteiger charge is -2.38. The molecule has 2 rings (SSSR count). The van der Waals surface area contributed by atoms with Crippen molar-refractivity contribution in [3.63, 3.8) is 0 Å². The average Bonchev–Trinajstić information content (AvgIpc) is 2.74. The molecule has 4 heteroatoms. The summed E-state index contributed by atoms with van der Waals surface area (Å²) in [5.74, 6) is 1.53. The van der Waals surface area contributed by atoms with E-state index in [1.165, 1.54) is 6.42 Å². The Morgan fingerprint density at radius 3 is 2.93 bits per heavy atom. The molecule has 86 valence electrons. The molecule has 0 aromatic carbocycles. The zero-order chi connectivity index (χ0) is 10.8. The third kappa shape index (κ3) is 2.48. The van der Waals surface area contributed by atoms with Crippen LogP contribution >= 0.6 is 11.8 Å². The number of thioether (sulfide) groups is 1. The molecule has 2 heterocycles. The van der Waals surface area contributed by atoms with Crippen LogP contribution in [-0.2, 0) is 4.79 Å².